The minimum absolute atomic E-state index is 0.0637. The van der Waals surface area contributed by atoms with Crippen molar-refractivity contribution in [1.82, 2.24) is 5.32 Å². The van der Waals surface area contributed by atoms with Crippen LogP contribution in [0.15, 0.2) is 30.3 Å². The van der Waals surface area contributed by atoms with Crippen molar-refractivity contribution in [3.05, 3.63) is 35.9 Å². The van der Waals surface area contributed by atoms with Crippen molar-refractivity contribution in [2.75, 3.05) is 6.61 Å². The number of esters is 1. The van der Waals surface area contributed by atoms with E-state index in [0.717, 1.165) is 18.4 Å². The van der Waals surface area contributed by atoms with Gasteiger partial charge < -0.3 is 10.1 Å². The summed E-state index contributed by atoms with van der Waals surface area (Å²) < 4.78 is 5.02. The molecule has 1 saturated carbocycles. The molecule has 2 rings (SSSR count). The van der Waals surface area contributed by atoms with E-state index in [1.54, 1.807) is 6.92 Å². The fraction of sp³-hybridized carbons (Fsp3) is 0.556. The third-order valence-electron chi connectivity index (χ3n) is 4.15. The van der Waals surface area contributed by atoms with Crippen molar-refractivity contribution >= 4 is 11.9 Å². The van der Waals surface area contributed by atoms with Gasteiger partial charge in [-0.1, -0.05) is 49.6 Å². The summed E-state index contributed by atoms with van der Waals surface area (Å²) >= 11 is 0. The Bertz CT molecular complexity index is 480. The number of benzene rings is 1. The van der Waals surface area contributed by atoms with Crippen molar-refractivity contribution < 1.29 is 14.3 Å². The van der Waals surface area contributed by atoms with Crippen molar-refractivity contribution in [2.45, 2.75) is 57.4 Å². The highest BCUT2D eigenvalue weighted by molar-refractivity contribution is 5.88. The zero-order valence-electron chi connectivity index (χ0n) is 13.2. The fourth-order valence-corrected chi connectivity index (χ4v) is 2.98. The van der Waals surface area contributed by atoms with Gasteiger partial charge in [0.05, 0.1) is 18.9 Å². The molecule has 4 heteroatoms. The monoisotopic (exact) mass is 303 g/mol. The van der Waals surface area contributed by atoms with Crippen molar-refractivity contribution in [3.63, 3.8) is 0 Å². The Morgan fingerprint density at radius 2 is 1.86 bits per heavy atom. The summed E-state index contributed by atoms with van der Waals surface area (Å²) in [6.45, 7) is 2.11. The molecule has 1 unspecified atom stereocenters. The molecule has 1 aromatic rings. The maximum absolute atomic E-state index is 12.6. The molecule has 1 aliphatic rings. The quantitative estimate of drug-likeness (QED) is 0.821. The summed E-state index contributed by atoms with van der Waals surface area (Å²) in [6, 6.07) is 9.72. The average Bonchev–Trinajstić information content (AvgIpc) is 2.54. The van der Waals surface area contributed by atoms with E-state index in [1.165, 1.54) is 19.3 Å². The zero-order chi connectivity index (χ0) is 15.8. The van der Waals surface area contributed by atoms with Gasteiger partial charge in [-0.2, -0.15) is 0 Å². The lowest BCUT2D eigenvalue weighted by atomic mass is 9.92. The summed E-state index contributed by atoms with van der Waals surface area (Å²) in [5, 5.41) is 3.12. The second-order valence-electron chi connectivity index (χ2n) is 5.82. The predicted molar refractivity (Wildman–Crippen MR) is 85.4 cm³/mol. The van der Waals surface area contributed by atoms with Crippen LogP contribution < -0.4 is 5.32 Å². The number of hydrogen-bond donors (Lipinski definition) is 1. The maximum atomic E-state index is 12.6. The fourth-order valence-electron chi connectivity index (χ4n) is 2.98. The van der Waals surface area contributed by atoms with Crippen molar-refractivity contribution in [2.24, 2.45) is 0 Å². The number of carbonyl (C=O) groups is 2. The largest absolute Gasteiger partial charge is 0.466 e. The lowest BCUT2D eigenvalue weighted by Crippen LogP contribution is -2.39. The molecule has 0 aromatic heterocycles. The molecule has 0 spiro atoms. The highest BCUT2D eigenvalue weighted by Gasteiger charge is 2.26. The van der Waals surface area contributed by atoms with Crippen LogP contribution in [-0.2, 0) is 14.3 Å². The summed E-state index contributed by atoms with van der Waals surface area (Å²) in [5.41, 5.74) is 0.865. The smallest absolute Gasteiger partial charge is 0.306 e. The third kappa shape index (κ3) is 4.86. The molecule has 1 N–H and O–H groups in total. The van der Waals surface area contributed by atoms with E-state index in [1.807, 2.05) is 30.3 Å². The second-order valence-corrected chi connectivity index (χ2v) is 5.82. The molecule has 1 atom stereocenters. The molecule has 22 heavy (non-hydrogen) atoms. The van der Waals surface area contributed by atoms with E-state index in [0.29, 0.717) is 6.61 Å². The minimum atomic E-state index is -0.470. The molecule has 0 saturated heterocycles. The highest BCUT2D eigenvalue weighted by atomic mass is 16.5. The van der Waals surface area contributed by atoms with Gasteiger partial charge in [-0.3, -0.25) is 9.59 Å². The molecule has 0 aliphatic heterocycles. The molecule has 4 nitrogen and oxygen atoms in total. The van der Waals surface area contributed by atoms with Crippen LogP contribution in [-0.4, -0.2) is 24.5 Å². The number of rotatable bonds is 6. The first-order valence-electron chi connectivity index (χ1n) is 8.21. The molecule has 1 amide bonds. The molecule has 1 aromatic carbocycles. The van der Waals surface area contributed by atoms with Gasteiger partial charge in [0.2, 0.25) is 5.91 Å². The van der Waals surface area contributed by atoms with Crippen LogP contribution in [0.4, 0.5) is 0 Å². The average molecular weight is 303 g/mol. The molecule has 1 aliphatic carbocycles. The van der Waals surface area contributed by atoms with Gasteiger partial charge in [0.25, 0.3) is 0 Å². The van der Waals surface area contributed by atoms with Gasteiger partial charge in [-0.25, -0.2) is 0 Å². The molecule has 0 heterocycles. The number of hydrogen-bond acceptors (Lipinski definition) is 3. The van der Waals surface area contributed by atoms with E-state index in [4.69, 9.17) is 4.74 Å². The summed E-state index contributed by atoms with van der Waals surface area (Å²) in [6.07, 6.45) is 5.74. The first kappa shape index (κ1) is 16.5. The number of carbonyl (C=O) groups excluding carboxylic acids is 2. The molecule has 120 valence electrons. The van der Waals surface area contributed by atoms with Crippen LogP contribution >= 0.6 is 0 Å². The Balaban J connectivity index is 2.05. The normalized spacial score (nSPS) is 16.8. The van der Waals surface area contributed by atoms with E-state index >= 15 is 0 Å². The number of nitrogens with one attached hydrogen (secondary N) is 1. The molecular weight excluding hydrogens is 278 g/mol. The van der Waals surface area contributed by atoms with Crippen LogP contribution in [0.2, 0.25) is 0 Å². The van der Waals surface area contributed by atoms with E-state index in [-0.39, 0.29) is 24.3 Å². The first-order valence-corrected chi connectivity index (χ1v) is 8.21. The van der Waals surface area contributed by atoms with Gasteiger partial charge >= 0.3 is 5.97 Å². The first-order chi connectivity index (χ1) is 10.7. The molecule has 1 fully saturated rings. The Labute approximate surface area is 132 Å². The van der Waals surface area contributed by atoms with Crippen LogP contribution in [0.25, 0.3) is 0 Å². The maximum Gasteiger partial charge on any atom is 0.306 e. The standard InChI is InChI=1S/C18H25NO3/c1-2-22-17(20)13-16(14-9-5-3-6-10-14)18(21)19-15-11-7-4-8-12-15/h3,5-6,9-10,15-16H,2,4,7-8,11-13H2,1H3,(H,19,21). The Morgan fingerprint density at radius 1 is 1.18 bits per heavy atom. The lowest BCUT2D eigenvalue weighted by Gasteiger charge is -2.25. The number of amides is 1. The van der Waals surface area contributed by atoms with E-state index < -0.39 is 5.92 Å². The Morgan fingerprint density at radius 3 is 2.50 bits per heavy atom. The molecular formula is C18H25NO3. The van der Waals surface area contributed by atoms with Gasteiger partial charge in [0.15, 0.2) is 0 Å². The minimum Gasteiger partial charge on any atom is -0.466 e. The summed E-state index contributed by atoms with van der Waals surface area (Å²) in [5.74, 6) is -0.858. The van der Waals surface area contributed by atoms with Gasteiger partial charge in [0, 0.05) is 6.04 Å². The highest BCUT2D eigenvalue weighted by Crippen LogP contribution is 2.23. The van der Waals surface area contributed by atoms with Crippen molar-refractivity contribution in [3.8, 4) is 0 Å². The van der Waals surface area contributed by atoms with E-state index in [9.17, 15) is 9.59 Å². The molecule has 0 radical (unpaired) electrons. The van der Waals surface area contributed by atoms with Crippen LogP contribution in [0.3, 0.4) is 0 Å². The Kier molecular flexibility index (Phi) is 6.44. The SMILES string of the molecule is CCOC(=O)CC(C(=O)NC1CCCCC1)c1ccccc1. The van der Waals surface area contributed by atoms with Gasteiger partial charge in [0.1, 0.15) is 0 Å². The molecule has 0 bridgehead atoms. The summed E-state index contributed by atoms with van der Waals surface area (Å²) in [7, 11) is 0. The van der Waals surface area contributed by atoms with Crippen molar-refractivity contribution in [1.29, 1.82) is 0 Å². The van der Waals surface area contributed by atoms with Gasteiger partial charge in [-0.15, -0.1) is 0 Å². The summed E-state index contributed by atoms with van der Waals surface area (Å²) in [4.78, 5) is 24.5. The van der Waals surface area contributed by atoms with Crippen LogP contribution in [0, 0.1) is 0 Å². The second kappa shape index (κ2) is 8.57. The zero-order valence-corrected chi connectivity index (χ0v) is 13.2. The topological polar surface area (TPSA) is 55.4 Å². The van der Waals surface area contributed by atoms with Crippen LogP contribution in [0.5, 0.6) is 0 Å². The van der Waals surface area contributed by atoms with E-state index in [2.05, 4.69) is 5.32 Å². The lowest BCUT2D eigenvalue weighted by molar-refractivity contribution is -0.145. The Hall–Kier alpha value is -1.84. The third-order valence-corrected chi connectivity index (χ3v) is 4.15. The predicted octanol–water partition coefficient (Wildman–Crippen LogP) is 3.17. The number of ether oxygens (including phenoxy) is 1. The van der Waals surface area contributed by atoms with Crippen LogP contribution in [0.1, 0.15) is 56.9 Å². The van der Waals surface area contributed by atoms with Gasteiger partial charge in [-0.05, 0) is 25.3 Å².